The highest BCUT2D eigenvalue weighted by molar-refractivity contribution is 5.78. The summed E-state index contributed by atoms with van der Waals surface area (Å²) in [7, 11) is 0. The van der Waals surface area contributed by atoms with Crippen LogP contribution in [-0.2, 0) is 0 Å². The zero-order valence-corrected chi connectivity index (χ0v) is 8.05. The normalized spacial score (nSPS) is 9.87. The second kappa shape index (κ2) is 3.92. The van der Waals surface area contributed by atoms with E-state index in [2.05, 4.69) is 4.98 Å². The van der Waals surface area contributed by atoms with E-state index in [0.717, 1.165) is 17.5 Å². The summed E-state index contributed by atoms with van der Waals surface area (Å²) in [4.78, 5) is 14.8. The lowest BCUT2D eigenvalue weighted by atomic mass is 10.1. The lowest BCUT2D eigenvalue weighted by Crippen LogP contribution is -1.89. The van der Waals surface area contributed by atoms with Gasteiger partial charge in [-0.15, -0.1) is 0 Å². The van der Waals surface area contributed by atoms with E-state index >= 15 is 0 Å². The van der Waals surface area contributed by atoms with Gasteiger partial charge in [-0.2, -0.15) is 0 Å². The van der Waals surface area contributed by atoms with Crippen LogP contribution in [0.5, 0.6) is 0 Å². The predicted octanol–water partition coefficient (Wildman–Crippen LogP) is 2.14. The van der Waals surface area contributed by atoms with Crippen LogP contribution in [0.25, 0.3) is 11.3 Å². The van der Waals surface area contributed by atoms with Crippen molar-refractivity contribution in [3.05, 3.63) is 48.2 Å². The molecule has 0 saturated heterocycles. The minimum atomic E-state index is 0.636. The molecule has 2 N–H and O–H groups in total. The summed E-state index contributed by atoms with van der Waals surface area (Å²) >= 11 is 0. The van der Waals surface area contributed by atoms with E-state index in [0.29, 0.717) is 11.3 Å². The van der Waals surface area contributed by atoms with Gasteiger partial charge in [-0.3, -0.25) is 9.78 Å². The summed E-state index contributed by atoms with van der Waals surface area (Å²) in [5.41, 5.74) is 8.63. The summed E-state index contributed by atoms with van der Waals surface area (Å²) in [5.74, 6) is 0. The monoisotopic (exact) mass is 198 g/mol. The average Bonchev–Trinajstić information content (AvgIpc) is 2.29. The van der Waals surface area contributed by atoms with E-state index in [4.69, 9.17) is 5.73 Å². The first kappa shape index (κ1) is 9.40. The SMILES string of the molecule is Nc1ccnc(-c2cccc(C=O)c2)c1. The van der Waals surface area contributed by atoms with E-state index in [-0.39, 0.29) is 0 Å². The second-order valence-corrected chi connectivity index (χ2v) is 3.22. The van der Waals surface area contributed by atoms with Crippen molar-refractivity contribution in [2.24, 2.45) is 0 Å². The minimum Gasteiger partial charge on any atom is -0.399 e. The first-order valence-electron chi connectivity index (χ1n) is 4.57. The third-order valence-corrected chi connectivity index (χ3v) is 2.10. The van der Waals surface area contributed by atoms with Gasteiger partial charge < -0.3 is 5.73 Å². The zero-order chi connectivity index (χ0) is 10.7. The maximum atomic E-state index is 10.6. The standard InChI is InChI=1S/C12H10N2O/c13-11-4-5-14-12(7-11)10-3-1-2-9(6-10)8-15/h1-8H,(H2,13,14). The first-order chi connectivity index (χ1) is 7.29. The summed E-state index contributed by atoms with van der Waals surface area (Å²) in [6.45, 7) is 0. The van der Waals surface area contributed by atoms with Gasteiger partial charge in [0.25, 0.3) is 0 Å². The van der Waals surface area contributed by atoms with Gasteiger partial charge in [0.05, 0.1) is 5.69 Å². The van der Waals surface area contributed by atoms with E-state index < -0.39 is 0 Å². The van der Waals surface area contributed by atoms with Gasteiger partial charge in [-0.25, -0.2) is 0 Å². The molecule has 0 radical (unpaired) electrons. The molecule has 0 atom stereocenters. The molecule has 74 valence electrons. The Labute approximate surface area is 87.6 Å². The number of nitrogens with zero attached hydrogens (tertiary/aromatic N) is 1. The summed E-state index contributed by atoms with van der Waals surface area (Å²) in [6, 6.07) is 10.8. The molecule has 0 aliphatic heterocycles. The van der Waals surface area contributed by atoms with Crippen molar-refractivity contribution in [2.75, 3.05) is 5.73 Å². The molecule has 1 aromatic heterocycles. The molecule has 0 saturated carbocycles. The van der Waals surface area contributed by atoms with Crippen molar-refractivity contribution in [1.82, 2.24) is 4.98 Å². The van der Waals surface area contributed by atoms with Crippen molar-refractivity contribution in [3.63, 3.8) is 0 Å². The van der Waals surface area contributed by atoms with Crippen LogP contribution in [0.2, 0.25) is 0 Å². The van der Waals surface area contributed by atoms with Gasteiger partial charge in [0.1, 0.15) is 6.29 Å². The molecular weight excluding hydrogens is 188 g/mol. The fraction of sp³-hybridized carbons (Fsp3) is 0. The Kier molecular flexibility index (Phi) is 2.46. The van der Waals surface area contributed by atoms with E-state index in [1.807, 2.05) is 12.1 Å². The van der Waals surface area contributed by atoms with Crippen LogP contribution in [0.15, 0.2) is 42.6 Å². The van der Waals surface area contributed by atoms with Gasteiger partial charge in [-0.1, -0.05) is 18.2 Å². The Morgan fingerprint density at radius 3 is 2.80 bits per heavy atom. The lowest BCUT2D eigenvalue weighted by Gasteiger charge is -2.01. The first-order valence-corrected chi connectivity index (χ1v) is 4.57. The summed E-state index contributed by atoms with van der Waals surface area (Å²) in [5, 5.41) is 0. The Hall–Kier alpha value is -2.16. The predicted molar refractivity (Wildman–Crippen MR) is 59.5 cm³/mol. The molecule has 0 fully saturated rings. The van der Waals surface area contributed by atoms with Gasteiger partial charge in [0, 0.05) is 23.0 Å². The molecule has 3 heteroatoms. The molecule has 0 unspecified atom stereocenters. The van der Waals surface area contributed by atoms with Crippen molar-refractivity contribution >= 4 is 12.0 Å². The van der Waals surface area contributed by atoms with Crippen LogP contribution in [-0.4, -0.2) is 11.3 Å². The molecule has 0 aliphatic carbocycles. The third kappa shape index (κ3) is 2.02. The molecular formula is C12H10N2O. The molecule has 15 heavy (non-hydrogen) atoms. The van der Waals surface area contributed by atoms with Gasteiger partial charge in [0.2, 0.25) is 0 Å². The number of nitrogen functional groups attached to an aromatic ring is 1. The van der Waals surface area contributed by atoms with E-state index in [1.165, 1.54) is 0 Å². The highest BCUT2D eigenvalue weighted by Crippen LogP contribution is 2.19. The lowest BCUT2D eigenvalue weighted by molar-refractivity contribution is 0.112. The molecule has 1 aromatic carbocycles. The average molecular weight is 198 g/mol. The number of carbonyl (C=O) groups excluding carboxylic acids is 1. The van der Waals surface area contributed by atoms with Crippen molar-refractivity contribution in [2.45, 2.75) is 0 Å². The van der Waals surface area contributed by atoms with Gasteiger partial charge in [-0.05, 0) is 18.2 Å². The van der Waals surface area contributed by atoms with Crippen LogP contribution in [0.3, 0.4) is 0 Å². The van der Waals surface area contributed by atoms with Crippen LogP contribution < -0.4 is 5.73 Å². The summed E-state index contributed by atoms with van der Waals surface area (Å²) in [6.07, 6.45) is 2.47. The molecule has 0 amide bonds. The largest absolute Gasteiger partial charge is 0.399 e. The van der Waals surface area contributed by atoms with Gasteiger partial charge >= 0.3 is 0 Å². The number of rotatable bonds is 2. The summed E-state index contributed by atoms with van der Waals surface area (Å²) < 4.78 is 0. The molecule has 0 spiro atoms. The zero-order valence-electron chi connectivity index (χ0n) is 8.05. The number of hydrogen-bond acceptors (Lipinski definition) is 3. The fourth-order valence-corrected chi connectivity index (χ4v) is 1.38. The van der Waals surface area contributed by atoms with Crippen LogP contribution >= 0.6 is 0 Å². The maximum Gasteiger partial charge on any atom is 0.150 e. The number of pyridine rings is 1. The number of hydrogen-bond donors (Lipinski definition) is 1. The molecule has 0 aliphatic rings. The van der Waals surface area contributed by atoms with Crippen LogP contribution in [0.4, 0.5) is 5.69 Å². The van der Waals surface area contributed by atoms with Crippen molar-refractivity contribution < 1.29 is 4.79 Å². The molecule has 0 bridgehead atoms. The number of aromatic nitrogens is 1. The van der Waals surface area contributed by atoms with Crippen molar-refractivity contribution in [3.8, 4) is 11.3 Å². The number of carbonyl (C=O) groups is 1. The van der Waals surface area contributed by atoms with E-state index in [9.17, 15) is 4.79 Å². The molecule has 2 aromatic rings. The van der Waals surface area contributed by atoms with Gasteiger partial charge in [0.15, 0.2) is 0 Å². The highest BCUT2D eigenvalue weighted by Gasteiger charge is 2.00. The quantitative estimate of drug-likeness (QED) is 0.752. The topological polar surface area (TPSA) is 56.0 Å². The number of nitrogens with two attached hydrogens (primary N) is 1. The Morgan fingerprint density at radius 2 is 2.07 bits per heavy atom. The minimum absolute atomic E-state index is 0.636. The van der Waals surface area contributed by atoms with E-state index in [1.54, 1.807) is 30.5 Å². The molecule has 3 nitrogen and oxygen atoms in total. The Balaban J connectivity index is 2.49. The number of benzene rings is 1. The Morgan fingerprint density at radius 1 is 1.20 bits per heavy atom. The van der Waals surface area contributed by atoms with Crippen LogP contribution in [0.1, 0.15) is 10.4 Å². The maximum absolute atomic E-state index is 10.6. The number of anilines is 1. The fourth-order valence-electron chi connectivity index (χ4n) is 1.38. The Bertz CT molecular complexity index is 494. The second-order valence-electron chi connectivity index (χ2n) is 3.22. The van der Waals surface area contributed by atoms with Crippen molar-refractivity contribution in [1.29, 1.82) is 0 Å². The highest BCUT2D eigenvalue weighted by atomic mass is 16.1. The number of aldehydes is 1. The molecule has 1 heterocycles. The smallest absolute Gasteiger partial charge is 0.150 e. The molecule has 2 rings (SSSR count). The van der Waals surface area contributed by atoms with Crippen LogP contribution in [0, 0.1) is 0 Å². The third-order valence-electron chi connectivity index (χ3n) is 2.10.